The number of halogens is 4. The molecule has 0 aliphatic heterocycles. The highest BCUT2D eigenvalue weighted by Gasteiger charge is 2.30. The van der Waals surface area contributed by atoms with Crippen molar-refractivity contribution in [1.29, 1.82) is 0 Å². The van der Waals surface area contributed by atoms with Gasteiger partial charge in [-0.2, -0.15) is 13.2 Å². The van der Waals surface area contributed by atoms with Crippen molar-refractivity contribution >= 4 is 0 Å². The van der Waals surface area contributed by atoms with Crippen LogP contribution in [-0.4, -0.2) is 4.57 Å². The van der Waals surface area contributed by atoms with Crippen molar-refractivity contribution in [2.75, 3.05) is 0 Å². The van der Waals surface area contributed by atoms with Gasteiger partial charge in [0.2, 0.25) is 0 Å². The van der Waals surface area contributed by atoms with Crippen LogP contribution in [-0.2, 0) is 12.7 Å². The van der Waals surface area contributed by atoms with Gasteiger partial charge in [-0.3, -0.25) is 4.79 Å². The van der Waals surface area contributed by atoms with Gasteiger partial charge in [0.25, 0.3) is 5.56 Å². The molecule has 2 aromatic carbocycles. The van der Waals surface area contributed by atoms with E-state index in [4.69, 9.17) is 0 Å². The summed E-state index contributed by atoms with van der Waals surface area (Å²) in [5.74, 6) is -0.374. The molecule has 25 heavy (non-hydrogen) atoms. The first-order valence-corrected chi connectivity index (χ1v) is 7.45. The molecule has 3 rings (SSSR count). The minimum absolute atomic E-state index is 0.0117. The second-order valence-corrected chi connectivity index (χ2v) is 5.59. The Labute approximate surface area is 141 Å². The van der Waals surface area contributed by atoms with Gasteiger partial charge in [-0.1, -0.05) is 24.3 Å². The zero-order chi connectivity index (χ0) is 18.0. The van der Waals surface area contributed by atoms with E-state index in [0.29, 0.717) is 16.7 Å². The van der Waals surface area contributed by atoms with Crippen molar-refractivity contribution in [1.82, 2.24) is 4.57 Å². The van der Waals surface area contributed by atoms with Crippen molar-refractivity contribution in [3.8, 4) is 11.1 Å². The Balaban J connectivity index is 1.94. The van der Waals surface area contributed by atoms with Crippen LogP contribution in [0.1, 0.15) is 11.1 Å². The van der Waals surface area contributed by atoms with E-state index in [-0.39, 0.29) is 17.9 Å². The minimum atomic E-state index is -4.43. The third kappa shape index (κ3) is 3.96. The summed E-state index contributed by atoms with van der Waals surface area (Å²) < 4.78 is 52.8. The SMILES string of the molecule is O=c1ccc(-c2ccc(F)cc2)cn1Cc1cccc(C(F)(F)F)c1. The van der Waals surface area contributed by atoms with Crippen molar-refractivity contribution in [2.24, 2.45) is 0 Å². The number of nitrogens with zero attached hydrogens (tertiary/aromatic N) is 1. The normalized spacial score (nSPS) is 11.5. The van der Waals surface area contributed by atoms with Gasteiger partial charge < -0.3 is 4.57 Å². The van der Waals surface area contributed by atoms with E-state index in [1.54, 1.807) is 24.4 Å². The van der Waals surface area contributed by atoms with E-state index < -0.39 is 11.7 Å². The molecular formula is C19H13F4NO. The summed E-state index contributed by atoms with van der Waals surface area (Å²) in [6.07, 6.45) is -2.88. The summed E-state index contributed by atoms with van der Waals surface area (Å²) in [5.41, 5.74) is 0.662. The second kappa shape index (κ2) is 6.55. The number of pyridine rings is 1. The van der Waals surface area contributed by atoms with E-state index >= 15 is 0 Å². The van der Waals surface area contributed by atoms with Gasteiger partial charge >= 0.3 is 6.18 Å². The molecule has 6 heteroatoms. The van der Waals surface area contributed by atoms with Crippen LogP contribution in [0.3, 0.4) is 0 Å². The average Bonchev–Trinajstić information content (AvgIpc) is 2.57. The highest BCUT2D eigenvalue weighted by atomic mass is 19.4. The summed E-state index contributed by atoms with van der Waals surface area (Å²) in [5, 5.41) is 0. The number of benzene rings is 2. The van der Waals surface area contributed by atoms with Crippen molar-refractivity contribution in [3.05, 3.63) is 94.2 Å². The van der Waals surface area contributed by atoms with Crippen LogP contribution in [0.2, 0.25) is 0 Å². The molecular weight excluding hydrogens is 334 g/mol. The van der Waals surface area contributed by atoms with Gasteiger partial charge in [-0.15, -0.1) is 0 Å². The monoisotopic (exact) mass is 347 g/mol. The minimum Gasteiger partial charge on any atom is -0.310 e. The molecule has 0 fully saturated rings. The number of rotatable bonds is 3. The van der Waals surface area contributed by atoms with Crippen molar-refractivity contribution in [2.45, 2.75) is 12.7 Å². The van der Waals surface area contributed by atoms with Crippen molar-refractivity contribution < 1.29 is 17.6 Å². The Kier molecular flexibility index (Phi) is 4.44. The molecule has 0 spiro atoms. The molecule has 0 radical (unpaired) electrons. The predicted octanol–water partition coefficient (Wildman–Crippen LogP) is 4.72. The maximum atomic E-state index is 13.0. The molecule has 0 aliphatic carbocycles. The van der Waals surface area contributed by atoms with Crippen molar-refractivity contribution in [3.63, 3.8) is 0 Å². The molecule has 0 saturated heterocycles. The molecule has 0 unspecified atom stereocenters. The van der Waals surface area contributed by atoms with Crippen LogP contribution >= 0.6 is 0 Å². The summed E-state index contributed by atoms with van der Waals surface area (Å²) >= 11 is 0. The number of aromatic nitrogens is 1. The lowest BCUT2D eigenvalue weighted by atomic mass is 10.1. The van der Waals surface area contributed by atoms with Gasteiger partial charge in [-0.05, 0) is 47.0 Å². The topological polar surface area (TPSA) is 22.0 Å². The quantitative estimate of drug-likeness (QED) is 0.628. The largest absolute Gasteiger partial charge is 0.416 e. The van der Waals surface area contributed by atoms with E-state index in [2.05, 4.69) is 0 Å². The molecule has 0 bridgehead atoms. The summed E-state index contributed by atoms with van der Waals surface area (Å²) in [7, 11) is 0. The van der Waals surface area contributed by atoms with Crippen LogP contribution in [0.25, 0.3) is 11.1 Å². The standard InChI is InChI=1S/C19H13F4NO/c20-17-7-4-14(5-8-17)15-6-9-18(25)24(12-15)11-13-2-1-3-16(10-13)19(21,22)23/h1-10,12H,11H2. The Bertz CT molecular complexity index is 943. The lowest BCUT2D eigenvalue weighted by Gasteiger charge is -2.11. The third-order valence-electron chi connectivity index (χ3n) is 3.77. The fraction of sp³-hybridized carbons (Fsp3) is 0.105. The molecule has 0 atom stereocenters. The molecule has 0 saturated carbocycles. The van der Waals surface area contributed by atoms with Crippen LogP contribution in [0, 0.1) is 5.82 Å². The Morgan fingerprint density at radius 3 is 2.24 bits per heavy atom. The average molecular weight is 347 g/mol. The van der Waals surface area contributed by atoms with Crippen LogP contribution < -0.4 is 5.56 Å². The fourth-order valence-corrected chi connectivity index (χ4v) is 2.51. The summed E-state index contributed by atoms with van der Waals surface area (Å²) in [6.45, 7) is 0.0117. The third-order valence-corrected chi connectivity index (χ3v) is 3.77. The van der Waals surface area contributed by atoms with E-state index in [9.17, 15) is 22.4 Å². The summed E-state index contributed by atoms with van der Waals surface area (Å²) in [6, 6.07) is 13.5. The smallest absolute Gasteiger partial charge is 0.310 e. The van der Waals surface area contributed by atoms with E-state index in [1.165, 1.54) is 34.9 Å². The Hall–Kier alpha value is -2.89. The fourth-order valence-electron chi connectivity index (χ4n) is 2.51. The van der Waals surface area contributed by atoms with Gasteiger partial charge in [0, 0.05) is 12.3 Å². The molecule has 128 valence electrons. The first-order valence-electron chi connectivity index (χ1n) is 7.45. The van der Waals surface area contributed by atoms with Gasteiger partial charge in [0.15, 0.2) is 0 Å². The molecule has 0 N–H and O–H groups in total. The molecule has 2 nitrogen and oxygen atoms in total. The molecule has 1 heterocycles. The highest BCUT2D eigenvalue weighted by molar-refractivity contribution is 5.62. The first-order chi connectivity index (χ1) is 11.8. The molecule has 1 aromatic heterocycles. The first kappa shape index (κ1) is 17.0. The molecule has 3 aromatic rings. The van der Waals surface area contributed by atoms with E-state index in [0.717, 1.165) is 12.1 Å². The van der Waals surface area contributed by atoms with Crippen LogP contribution in [0.15, 0.2) is 71.7 Å². The Morgan fingerprint density at radius 1 is 0.880 bits per heavy atom. The zero-order valence-corrected chi connectivity index (χ0v) is 12.9. The number of hydrogen-bond donors (Lipinski definition) is 0. The highest BCUT2D eigenvalue weighted by Crippen LogP contribution is 2.29. The van der Waals surface area contributed by atoms with Gasteiger partial charge in [0.1, 0.15) is 5.82 Å². The van der Waals surface area contributed by atoms with Gasteiger partial charge in [0.05, 0.1) is 12.1 Å². The second-order valence-electron chi connectivity index (χ2n) is 5.59. The molecule has 0 amide bonds. The summed E-state index contributed by atoms with van der Waals surface area (Å²) in [4.78, 5) is 12.0. The maximum absolute atomic E-state index is 13.0. The predicted molar refractivity (Wildman–Crippen MR) is 86.6 cm³/mol. The Morgan fingerprint density at radius 2 is 1.56 bits per heavy atom. The van der Waals surface area contributed by atoms with Crippen LogP contribution in [0.4, 0.5) is 17.6 Å². The molecule has 0 aliphatic rings. The van der Waals surface area contributed by atoms with Crippen LogP contribution in [0.5, 0.6) is 0 Å². The lowest BCUT2D eigenvalue weighted by Crippen LogP contribution is -2.19. The maximum Gasteiger partial charge on any atom is 0.416 e. The van der Waals surface area contributed by atoms with Gasteiger partial charge in [-0.25, -0.2) is 4.39 Å². The zero-order valence-electron chi connectivity index (χ0n) is 12.9. The lowest BCUT2D eigenvalue weighted by molar-refractivity contribution is -0.137. The number of hydrogen-bond acceptors (Lipinski definition) is 1. The number of alkyl halides is 3. The van der Waals surface area contributed by atoms with E-state index in [1.807, 2.05) is 0 Å².